The van der Waals surface area contributed by atoms with Crippen molar-refractivity contribution in [1.82, 2.24) is 4.81 Å². The van der Waals surface area contributed by atoms with E-state index >= 15 is 0 Å². The molecule has 3 atom stereocenters. The third-order valence-corrected chi connectivity index (χ3v) is 3.28. The summed E-state index contributed by atoms with van der Waals surface area (Å²) >= 11 is 0. The van der Waals surface area contributed by atoms with Crippen molar-refractivity contribution in [3.05, 3.63) is 0 Å². The molecule has 0 bridgehead atoms. The molecule has 1 heterocycles. The average molecular weight is 166 g/mol. The second-order valence-electron chi connectivity index (χ2n) is 4.28. The highest BCUT2D eigenvalue weighted by Gasteiger charge is 2.27. The number of rotatable bonds is 3. The van der Waals surface area contributed by atoms with E-state index in [4.69, 9.17) is 0 Å². The van der Waals surface area contributed by atoms with Crippen LogP contribution in [0.5, 0.6) is 0 Å². The highest BCUT2D eigenvalue weighted by atomic mass is 15.1. The summed E-state index contributed by atoms with van der Waals surface area (Å²) in [5.74, 6) is 1.63. The summed E-state index contributed by atoms with van der Waals surface area (Å²) in [5, 5.41) is 0. The van der Waals surface area contributed by atoms with Gasteiger partial charge in [0.25, 0.3) is 0 Å². The van der Waals surface area contributed by atoms with E-state index < -0.39 is 0 Å². The Labute approximate surface area is 77.8 Å². The molecule has 0 spiro atoms. The Balaban J connectivity index is 2.33. The predicted molar refractivity (Wildman–Crippen MR) is 55.4 cm³/mol. The average Bonchev–Trinajstić information content (AvgIpc) is 2.36. The van der Waals surface area contributed by atoms with Crippen LogP contribution in [0.4, 0.5) is 0 Å². The third kappa shape index (κ3) is 2.26. The third-order valence-electron chi connectivity index (χ3n) is 3.28. The molecule has 2 heteroatoms. The molecule has 3 unspecified atom stereocenters. The van der Waals surface area contributed by atoms with Gasteiger partial charge in [-0.1, -0.05) is 39.9 Å². The Kier molecular flexibility index (Phi) is 3.63. The molecule has 1 aliphatic rings. The van der Waals surface area contributed by atoms with Gasteiger partial charge in [-0.25, -0.2) is 0 Å². The van der Waals surface area contributed by atoms with Gasteiger partial charge in [-0.15, -0.1) is 0 Å². The van der Waals surface area contributed by atoms with Crippen LogP contribution in [0.1, 0.15) is 40.5 Å². The summed E-state index contributed by atoms with van der Waals surface area (Å²) in [5.41, 5.74) is 0. The van der Waals surface area contributed by atoms with Gasteiger partial charge in [-0.05, 0) is 24.9 Å². The van der Waals surface area contributed by atoms with E-state index in [2.05, 4.69) is 39.9 Å². The largest absolute Gasteiger partial charge is 0.344 e. The zero-order valence-corrected chi connectivity index (χ0v) is 8.88. The monoisotopic (exact) mass is 166 g/mol. The van der Waals surface area contributed by atoms with Gasteiger partial charge in [-0.3, -0.25) is 0 Å². The van der Waals surface area contributed by atoms with Gasteiger partial charge in [0.05, 0.1) is 0 Å². The summed E-state index contributed by atoms with van der Waals surface area (Å²) < 4.78 is 0. The summed E-state index contributed by atoms with van der Waals surface area (Å²) in [4.78, 5) is 2.53. The van der Waals surface area contributed by atoms with Crippen LogP contribution in [0, 0.1) is 5.92 Å². The van der Waals surface area contributed by atoms with Crippen molar-refractivity contribution in [2.45, 2.75) is 52.4 Å². The van der Waals surface area contributed by atoms with Gasteiger partial charge in [0, 0.05) is 0 Å². The minimum atomic E-state index is 0.748. The zero-order valence-electron chi connectivity index (χ0n) is 8.88. The number of nitrogens with zero attached hydrogens (tertiary/aromatic N) is 1. The molecular weight excluding hydrogens is 145 g/mol. The molecule has 1 aliphatic heterocycles. The summed E-state index contributed by atoms with van der Waals surface area (Å²) in [6.07, 6.45) is 2.63. The molecule has 0 aromatic heterocycles. The molecule has 0 saturated carbocycles. The van der Waals surface area contributed by atoms with Crippen molar-refractivity contribution in [1.29, 1.82) is 0 Å². The smallest absolute Gasteiger partial charge is 0.211 e. The first-order valence-electron chi connectivity index (χ1n) is 5.25. The molecule has 0 aliphatic carbocycles. The van der Waals surface area contributed by atoms with Gasteiger partial charge >= 0.3 is 0 Å². The molecule has 0 aromatic carbocycles. The van der Waals surface area contributed by atoms with Crippen molar-refractivity contribution in [2.75, 3.05) is 6.54 Å². The Morgan fingerprint density at radius 3 is 2.58 bits per heavy atom. The molecule has 0 aromatic rings. The fourth-order valence-electron chi connectivity index (χ4n) is 1.77. The standard InChI is InChI=1S/C10H21BN/c1-5-9(3)11-12-7-6-8(2)10(12)4/h8-10H,5-7H2,1-4H3. The molecule has 12 heavy (non-hydrogen) atoms. The normalized spacial score (nSPS) is 33.7. The fourth-order valence-corrected chi connectivity index (χ4v) is 1.77. The Morgan fingerprint density at radius 2 is 2.17 bits per heavy atom. The molecule has 0 N–H and O–H groups in total. The van der Waals surface area contributed by atoms with Gasteiger partial charge in [0.1, 0.15) is 0 Å². The van der Waals surface area contributed by atoms with Crippen molar-refractivity contribution in [3.8, 4) is 0 Å². The number of hydrogen-bond donors (Lipinski definition) is 0. The lowest BCUT2D eigenvalue weighted by Gasteiger charge is -2.24. The molecule has 1 saturated heterocycles. The van der Waals surface area contributed by atoms with Crippen molar-refractivity contribution in [3.63, 3.8) is 0 Å². The molecule has 69 valence electrons. The topological polar surface area (TPSA) is 3.24 Å². The van der Waals surface area contributed by atoms with Gasteiger partial charge in [-0.2, -0.15) is 0 Å². The molecule has 1 rings (SSSR count). The maximum absolute atomic E-state index is 2.53. The van der Waals surface area contributed by atoms with Crippen LogP contribution in [-0.2, 0) is 0 Å². The summed E-state index contributed by atoms with van der Waals surface area (Å²) in [6.45, 7) is 10.5. The van der Waals surface area contributed by atoms with E-state index in [1.54, 1.807) is 0 Å². The van der Waals surface area contributed by atoms with Gasteiger partial charge in [0.2, 0.25) is 7.41 Å². The van der Waals surface area contributed by atoms with E-state index in [0.29, 0.717) is 0 Å². The Morgan fingerprint density at radius 1 is 1.50 bits per heavy atom. The van der Waals surface area contributed by atoms with Crippen molar-refractivity contribution >= 4 is 7.41 Å². The maximum Gasteiger partial charge on any atom is 0.211 e. The summed E-state index contributed by atoms with van der Waals surface area (Å²) in [6, 6.07) is 0.763. The second-order valence-corrected chi connectivity index (χ2v) is 4.28. The molecular formula is C10H21BN. The lowest BCUT2D eigenvalue weighted by Crippen LogP contribution is -2.34. The molecule has 1 radical (unpaired) electrons. The quantitative estimate of drug-likeness (QED) is 0.582. The van der Waals surface area contributed by atoms with E-state index in [-0.39, 0.29) is 0 Å². The predicted octanol–water partition coefficient (Wildman–Crippen LogP) is 2.55. The van der Waals surface area contributed by atoms with Crippen molar-refractivity contribution < 1.29 is 0 Å². The van der Waals surface area contributed by atoms with Gasteiger partial charge in [0.15, 0.2) is 0 Å². The molecule has 0 amide bonds. The first kappa shape index (κ1) is 10.1. The van der Waals surface area contributed by atoms with Crippen LogP contribution in [0.3, 0.4) is 0 Å². The second kappa shape index (κ2) is 4.31. The SMILES string of the molecule is CCC(C)[B]N1CCC(C)C1C. The fraction of sp³-hybridized carbons (Fsp3) is 1.00. The van der Waals surface area contributed by atoms with E-state index in [1.807, 2.05) is 0 Å². The minimum Gasteiger partial charge on any atom is -0.344 e. The Hall–Kier alpha value is 0.0249. The lowest BCUT2D eigenvalue weighted by molar-refractivity contribution is 0.384. The van der Waals surface area contributed by atoms with Crippen LogP contribution >= 0.6 is 0 Å². The van der Waals surface area contributed by atoms with Crippen LogP contribution < -0.4 is 0 Å². The summed E-state index contributed by atoms with van der Waals surface area (Å²) in [7, 11) is 2.42. The highest BCUT2D eigenvalue weighted by molar-refractivity contribution is 6.34. The van der Waals surface area contributed by atoms with Crippen LogP contribution in [-0.4, -0.2) is 24.8 Å². The maximum atomic E-state index is 2.53. The van der Waals surface area contributed by atoms with Crippen molar-refractivity contribution in [2.24, 2.45) is 5.92 Å². The zero-order chi connectivity index (χ0) is 9.14. The van der Waals surface area contributed by atoms with Crippen LogP contribution in [0.15, 0.2) is 0 Å². The highest BCUT2D eigenvalue weighted by Crippen LogP contribution is 2.24. The molecule has 1 nitrogen and oxygen atoms in total. The minimum absolute atomic E-state index is 0.748. The van der Waals surface area contributed by atoms with Crippen LogP contribution in [0.2, 0.25) is 5.82 Å². The van der Waals surface area contributed by atoms with E-state index in [9.17, 15) is 0 Å². The first-order valence-corrected chi connectivity index (χ1v) is 5.25. The lowest BCUT2D eigenvalue weighted by atomic mass is 9.72. The van der Waals surface area contributed by atoms with E-state index in [1.165, 1.54) is 19.4 Å². The number of hydrogen-bond acceptors (Lipinski definition) is 1. The Bertz CT molecular complexity index is 138. The molecule has 1 fully saturated rings. The van der Waals surface area contributed by atoms with E-state index in [0.717, 1.165) is 17.8 Å². The first-order chi connectivity index (χ1) is 5.65. The van der Waals surface area contributed by atoms with Crippen LogP contribution in [0.25, 0.3) is 0 Å². The van der Waals surface area contributed by atoms with Gasteiger partial charge < -0.3 is 4.81 Å².